The maximum Gasteiger partial charge on any atom is 0.165 e. The van der Waals surface area contributed by atoms with Crippen LogP contribution < -0.4 is 19.1 Å². The molecule has 0 bridgehead atoms. The Hall–Kier alpha value is -3.29. The zero-order chi connectivity index (χ0) is 27.2. The first-order chi connectivity index (χ1) is 19.1. The summed E-state index contributed by atoms with van der Waals surface area (Å²) >= 11 is 1.75. The summed E-state index contributed by atoms with van der Waals surface area (Å²) in [4.78, 5) is 5.82. The van der Waals surface area contributed by atoms with E-state index in [0.717, 1.165) is 64.8 Å². The molecule has 1 aromatic heterocycles. The minimum atomic E-state index is -0.313. The Morgan fingerprint density at radius 1 is 0.897 bits per heavy atom. The molecule has 5 nitrogen and oxygen atoms in total. The first kappa shape index (κ1) is 27.3. The monoisotopic (exact) mass is 548 g/mol. The molecule has 0 unspecified atom stereocenters. The van der Waals surface area contributed by atoms with Crippen LogP contribution in [0.1, 0.15) is 31.7 Å². The van der Waals surface area contributed by atoms with E-state index in [0.29, 0.717) is 18.9 Å². The summed E-state index contributed by atoms with van der Waals surface area (Å²) < 4.78 is 33.0. The van der Waals surface area contributed by atoms with Crippen LogP contribution in [0.15, 0.2) is 60.7 Å². The van der Waals surface area contributed by atoms with Crippen molar-refractivity contribution in [3.8, 4) is 27.7 Å². The molecule has 0 atom stereocenters. The van der Waals surface area contributed by atoms with Crippen molar-refractivity contribution in [3.05, 3.63) is 72.0 Å². The Bertz CT molecular complexity index is 1400. The third-order valence-corrected chi connectivity index (χ3v) is 8.55. The van der Waals surface area contributed by atoms with Crippen LogP contribution in [0, 0.1) is 5.82 Å². The summed E-state index contributed by atoms with van der Waals surface area (Å²) in [6.07, 6.45) is 3.78. The molecule has 206 valence electrons. The van der Waals surface area contributed by atoms with Crippen molar-refractivity contribution in [1.29, 1.82) is 0 Å². The number of piperidine rings is 1. The van der Waals surface area contributed by atoms with Gasteiger partial charge in [-0.15, -0.1) is 11.3 Å². The standard InChI is InChI=1S/C32H37FN2O3S/c1-4-35(22-23-8-12-30(28(33)18-23)38-17-16-34-14-6-5-7-15-34)29-21-26(37-3)9-11-27(29)32-20-24-19-25(36-2)10-13-31(24)39-32/h8-13,18-21H,4-7,14-17,22H2,1-3H3. The van der Waals surface area contributed by atoms with Gasteiger partial charge >= 0.3 is 0 Å². The smallest absolute Gasteiger partial charge is 0.165 e. The van der Waals surface area contributed by atoms with Gasteiger partial charge in [-0.2, -0.15) is 0 Å². The summed E-state index contributed by atoms with van der Waals surface area (Å²) in [5.74, 6) is 1.64. The van der Waals surface area contributed by atoms with Crippen molar-refractivity contribution >= 4 is 27.1 Å². The van der Waals surface area contributed by atoms with Crippen LogP contribution >= 0.6 is 11.3 Å². The van der Waals surface area contributed by atoms with Crippen LogP contribution in [-0.4, -0.2) is 51.9 Å². The van der Waals surface area contributed by atoms with Gasteiger partial charge in [-0.05, 0) is 92.3 Å². The highest BCUT2D eigenvalue weighted by Crippen LogP contribution is 2.41. The van der Waals surface area contributed by atoms with Crippen LogP contribution in [0.4, 0.5) is 10.1 Å². The number of ether oxygens (including phenoxy) is 3. The van der Waals surface area contributed by atoms with E-state index in [9.17, 15) is 0 Å². The van der Waals surface area contributed by atoms with E-state index in [1.807, 2.05) is 18.2 Å². The fraction of sp³-hybridized carbons (Fsp3) is 0.375. The summed E-state index contributed by atoms with van der Waals surface area (Å²) in [7, 11) is 3.37. The predicted molar refractivity (Wildman–Crippen MR) is 159 cm³/mol. The molecule has 7 heteroatoms. The summed E-state index contributed by atoms with van der Waals surface area (Å²) in [5.41, 5.74) is 3.07. The summed E-state index contributed by atoms with van der Waals surface area (Å²) in [5, 5.41) is 1.15. The Balaban J connectivity index is 1.35. The zero-order valence-corrected chi connectivity index (χ0v) is 23.9. The number of likely N-dealkylation sites (tertiary alicyclic amines) is 1. The van der Waals surface area contributed by atoms with E-state index < -0.39 is 0 Å². The number of thiophene rings is 1. The van der Waals surface area contributed by atoms with Gasteiger partial charge < -0.3 is 19.1 Å². The molecule has 0 amide bonds. The quantitative estimate of drug-likeness (QED) is 0.193. The van der Waals surface area contributed by atoms with Gasteiger partial charge in [0, 0.05) is 46.5 Å². The van der Waals surface area contributed by atoms with Gasteiger partial charge in [0.2, 0.25) is 0 Å². The minimum Gasteiger partial charge on any atom is -0.497 e. The van der Waals surface area contributed by atoms with Crippen molar-refractivity contribution < 1.29 is 18.6 Å². The Morgan fingerprint density at radius 2 is 1.67 bits per heavy atom. The number of fused-ring (bicyclic) bond motifs is 1. The molecule has 0 saturated carbocycles. The molecule has 0 spiro atoms. The number of rotatable bonds is 11. The normalized spacial score (nSPS) is 13.9. The SMILES string of the molecule is CCN(Cc1ccc(OCCN2CCCCC2)c(F)c1)c1cc(OC)ccc1-c1cc2cc(OC)ccc2s1. The average Bonchev–Trinajstić information content (AvgIpc) is 3.40. The van der Waals surface area contributed by atoms with Crippen LogP contribution in [0.2, 0.25) is 0 Å². The lowest BCUT2D eigenvalue weighted by Crippen LogP contribution is -2.33. The third kappa shape index (κ3) is 6.48. The largest absolute Gasteiger partial charge is 0.497 e. The van der Waals surface area contributed by atoms with E-state index in [2.05, 4.69) is 47.1 Å². The van der Waals surface area contributed by atoms with Gasteiger partial charge in [-0.1, -0.05) is 12.5 Å². The summed E-state index contributed by atoms with van der Waals surface area (Å²) in [6.45, 7) is 7.01. The lowest BCUT2D eigenvalue weighted by molar-refractivity contribution is 0.180. The number of hydrogen-bond acceptors (Lipinski definition) is 6. The van der Waals surface area contributed by atoms with Crippen LogP contribution in [-0.2, 0) is 6.54 Å². The van der Waals surface area contributed by atoms with E-state index >= 15 is 4.39 Å². The molecule has 4 aromatic rings. The molecule has 0 aliphatic carbocycles. The molecule has 1 aliphatic heterocycles. The van der Waals surface area contributed by atoms with Gasteiger partial charge in [0.1, 0.15) is 18.1 Å². The van der Waals surface area contributed by atoms with Crippen molar-refractivity contribution in [2.45, 2.75) is 32.7 Å². The highest BCUT2D eigenvalue weighted by atomic mass is 32.1. The van der Waals surface area contributed by atoms with Crippen LogP contribution in [0.5, 0.6) is 17.2 Å². The number of methoxy groups -OCH3 is 2. The maximum absolute atomic E-state index is 15.0. The minimum absolute atomic E-state index is 0.313. The van der Waals surface area contributed by atoms with Crippen molar-refractivity contribution in [2.24, 2.45) is 0 Å². The highest BCUT2D eigenvalue weighted by molar-refractivity contribution is 7.22. The summed E-state index contributed by atoms with van der Waals surface area (Å²) in [6, 6.07) is 19.9. The highest BCUT2D eigenvalue weighted by Gasteiger charge is 2.17. The maximum atomic E-state index is 15.0. The van der Waals surface area contributed by atoms with Gasteiger partial charge in [0.15, 0.2) is 11.6 Å². The molecule has 0 N–H and O–H groups in total. The van der Waals surface area contributed by atoms with Gasteiger partial charge in [-0.25, -0.2) is 4.39 Å². The average molecular weight is 549 g/mol. The first-order valence-corrected chi connectivity index (χ1v) is 14.5. The Kier molecular flexibility index (Phi) is 8.89. The molecule has 5 rings (SSSR count). The van der Waals surface area contributed by atoms with E-state index in [-0.39, 0.29) is 5.82 Å². The van der Waals surface area contributed by atoms with Crippen molar-refractivity contribution in [2.75, 3.05) is 51.9 Å². The fourth-order valence-corrected chi connectivity index (χ4v) is 6.28. The lowest BCUT2D eigenvalue weighted by Gasteiger charge is -2.27. The fourth-order valence-electron chi connectivity index (χ4n) is 5.20. The molecule has 2 heterocycles. The molecule has 1 aliphatic rings. The molecule has 1 fully saturated rings. The molecule has 0 radical (unpaired) electrons. The molecule has 39 heavy (non-hydrogen) atoms. The second-order valence-corrected chi connectivity index (χ2v) is 11.0. The number of anilines is 1. The molecule has 1 saturated heterocycles. The van der Waals surface area contributed by atoms with E-state index in [1.165, 1.54) is 24.0 Å². The van der Waals surface area contributed by atoms with Crippen LogP contribution in [0.3, 0.4) is 0 Å². The lowest BCUT2D eigenvalue weighted by atomic mass is 10.1. The second-order valence-electron chi connectivity index (χ2n) is 9.93. The molecular weight excluding hydrogens is 511 g/mol. The van der Waals surface area contributed by atoms with E-state index in [4.69, 9.17) is 14.2 Å². The van der Waals surface area contributed by atoms with Gasteiger partial charge in [0.25, 0.3) is 0 Å². The zero-order valence-electron chi connectivity index (χ0n) is 23.0. The Morgan fingerprint density at radius 3 is 2.41 bits per heavy atom. The predicted octanol–water partition coefficient (Wildman–Crippen LogP) is 7.62. The third-order valence-electron chi connectivity index (χ3n) is 7.40. The van der Waals surface area contributed by atoms with E-state index in [1.54, 1.807) is 37.7 Å². The van der Waals surface area contributed by atoms with Gasteiger partial charge in [0.05, 0.1) is 14.2 Å². The number of halogens is 1. The molecule has 3 aromatic carbocycles. The van der Waals surface area contributed by atoms with Crippen molar-refractivity contribution in [1.82, 2.24) is 4.90 Å². The van der Waals surface area contributed by atoms with Gasteiger partial charge in [-0.3, -0.25) is 4.90 Å². The number of benzene rings is 3. The first-order valence-electron chi connectivity index (χ1n) is 13.7. The van der Waals surface area contributed by atoms with Crippen LogP contribution in [0.25, 0.3) is 20.5 Å². The number of hydrogen-bond donors (Lipinski definition) is 0. The molecular formula is C32H37FN2O3S. The van der Waals surface area contributed by atoms with Crippen molar-refractivity contribution in [3.63, 3.8) is 0 Å². The number of nitrogens with zero attached hydrogens (tertiary/aromatic N) is 2. The Labute approximate surface area is 234 Å². The topological polar surface area (TPSA) is 34.2 Å². The second kappa shape index (κ2) is 12.7.